The second-order valence-electron chi connectivity index (χ2n) is 6.71. The van der Waals surface area contributed by atoms with E-state index in [0.29, 0.717) is 18.9 Å². The molecule has 2 aliphatic rings. The first-order chi connectivity index (χ1) is 11.2. The van der Waals surface area contributed by atoms with Gasteiger partial charge in [0.15, 0.2) is 0 Å². The average Bonchev–Trinajstić information content (AvgIpc) is 3.32. The molecule has 0 spiro atoms. The summed E-state index contributed by atoms with van der Waals surface area (Å²) in [6, 6.07) is 8.73. The van der Waals surface area contributed by atoms with Crippen LogP contribution in [0.3, 0.4) is 0 Å². The van der Waals surface area contributed by atoms with Gasteiger partial charge in [-0.3, -0.25) is 4.79 Å². The molecule has 1 saturated heterocycles. The third kappa shape index (κ3) is 4.01. The molecule has 4 nitrogen and oxygen atoms in total. The molecule has 23 heavy (non-hydrogen) atoms. The van der Waals surface area contributed by atoms with E-state index in [9.17, 15) is 9.90 Å². The number of hydrogen-bond acceptors (Lipinski definition) is 3. The number of nitrogens with one attached hydrogen (secondary N) is 2. The number of carbonyl (C=O) groups is 1. The minimum Gasteiger partial charge on any atom is -0.395 e. The van der Waals surface area contributed by atoms with Crippen LogP contribution < -0.4 is 10.6 Å². The predicted octanol–water partition coefficient (Wildman–Crippen LogP) is 2.05. The van der Waals surface area contributed by atoms with Gasteiger partial charge in [-0.05, 0) is 36.8 Å². The van der Waals surface area contributed by atoms with Crippen molar-refractivity contribution in [3.8, 4) is 0 Å². The number of allylic oxidation sites excluding steroid dienone is 1. The minimum absolute atomic E-state index is 0.0768. The molecule has 4 heteroatoms. The summed E-state index contributed by atoms with van der Waals surface area (Å²) in [4.78, 5) is 11.9. The monoisotopic (exact) mass is 314 g/mol. The summed E-state index contributed by atoms with van der Waals surface area (Å²) in [6.07, 6.45) is 7.15. The first-order valence-electron chi connectivity index (χ1n) is 8.57. The van der Waals surface area contributed by atoms with E-state index in [2.05, 4.69) is 41.0 Å². The van der Waals surface area contributed by atoms with Crippen molar-refractivity contribution < 1.29 is 9.90 Å². The minimum atomic E-state index is 0.0768. The van der Waals surface area contributed by atoms with Gasteiger partial charge in [-0.25, -0.2) is 0 Å². The molecule has 0 aromatic heterocycles. The summed E-state index contributed by atoms with van der Waals surface area (Å²) in [5, 5.41) is 15.9. The number of carbonyl (C=O) groups excluding carboxylic acids is 1. The average molecular weight is 314 g/mol. The van der Waals surface area contributed by atoms with E-state index >= 15 is 0 Å². The van der Waals surface area contributed by atoms with Gasteiger partial charge < -0.3 is 15.7 Å². The van der Waals surface area contributed by atoms with Gasteiger partial charge in [-0.15, -0.1) is 0 Å². The summed E-state index contributed by atoms with van der Waals surface area (Å²) < 4.78 is 0. The smallest absolute Gasteiger partial charge is 0.220 e. The van der Waals surface area contributed by atoms with E-state index in [0.717, 1.165) is 0 Å². The SMILES string of the molecule is CC=Cc1ccc([C@H]2[C@@H](CO)N[C@@H]2CNC(=O)CC2CC2)cc1. The Morgan fingerprint density at radius 2 is 2.04 bits per heavy atom. The lowest BCUT2D eigenvalue weighted by atomic mass is 9.77. The van der Waals surface area contributed by atoms with E-state index in [1.54, 1.807) is 0 Å². The van der Waals surface area contributed by atoms with Gasteiger partial charge in [0, 0.05) is 31.0 Å². The molecule has 1 heterocycles. The number of hydrogen-bond donors (Lipinski definition) is 3. The van der Waals surface area contributed by atoms with Crippen LogP contribution in [0.15, 0.2) is 30.3 Å². The largest absolute Gasteiger partial charge is 0.395 e. The van der Waals surface area contributed by atoms with Crippen LogP contribution in [0.25, 0.3) is 6.08 Å². The summed E-state index contributed by atoms with van der Waals surface area (Å²) in [6.45, 7) is 2.75. The Balaban J connectivity index is 1.58. The van der Waals surface area contributed by atoms with Crippen molar-refractivity contribution in [1.29, 1.82) is 0 Å². The standard InChI is InChI=1S/C19H26N2O2/c1-2-3-13-6-8-15(9-7-13)19-16(21-17(19)12-22)11-20-18(23)10-14-4-5-14/h2-3,6-9,14,16-17,19,21-22H,4-5,10-12H2,1H3,(H,20,23)/t16-,17-,19-/m1/s1. The first-order valence-corrected chi connectivity index (χ1v) is 8.57. The molecule has 2 fully saturated rings. The molecular formula is C19H26N2O2. The fraction of sp³-hybridized carbons (Fsp3) is 0.526. The van der Waals surface area contributed by atoms with E-state index in [4.69, 9.17) is 0 Å². The molecule has 1 aliphatic carbocycles. The second kappa shape index (κ2) is 7.28. The maximum Gasteiger partial charge on any atom is 0.220 e. The Hall–Kier alpha value is -1.65. The lowest BCUT2D eigenvalue weighted by Gasteiger charge is -2.46. The van der Waals surface area contributed by atoms with E-state index in [1.165, 1.54) is 24.0 Å². The summed E-state index contributed by atoms with van der Waals surface area (Å²) in [7, 11) is 0. The highest BCUT2D eigenvalue weighted by Crippen LogP contribution is 2.33. The van der Waals surface area contributed by atoms with Gasteiger partial charge in [-0.1, -0.05) is 36.4 Å². The molecule has 3 rings (SSSR count). The maximum atomic E-state index is 11.9. The Morgan fingerprint density at radius 3 is 2.65 bits per heavy atom. The summed E-state index contributed by atoms with van der Waals surface area (Å²) >= 11 is 0. The third-order valence-electron chi connectivity index (χ3n) is 4.86. The van der Waals surface area contributed by atoms with Crippen LogP contribution >= 0.6 is 0 Å². The molecule has 1 aromatic rings. The molecule has 1 aliphatic heterocycles. The van der Waals surface area contributed by atoms with Crippen LogP contribution in [0, 0.1) is 5.92 Å². The molecule has 1 saturated carbocycles. The second-order valence-corrected chi connectivity index (χ2v) is 6.71. The van der Waals surface area contributed by atoms with Crippen molar-refractivity contribution in [1.82, 2.24) is 10.6 Å². The molecule has 3 atom stereocenters. The van der Waals surface area contributed by atoms with Gasteiger partial charge >= 0.3 is 0 Å². The van der Waals surface area contributed by atoms with E-state index in [-0.39, 0.29) is 30.5 Å². The highest BCUT2D eigenvalue weighted by molar-refractivity contribution is 5.76. The zero-order valence-electron chi connectivity index (χ0n) is 13.7. The number of amides is 1. The van der Waals surface area contributed by atoms with Crippen molar-refractivity contribution in [3.63, 3.8) is 0 Å². The summed E-state index contributed by atoms with van der Waals surface area (Å²) in [5.41, 5.74) is 2.40. The number of aliphatic hydroxyl groups is 1. The summed E-state index contributed by atoms with van der Waals surface area (Å²) in [5.74, 6) is 1.02. The van der Waals surface area contributed by atoms with Gasteiger partial charge in [0.1, 0.15) is 0 Å². The molecule has 124 valence electrons. The van der Waals surface area contributed by atoms with Crippen LogP contribution in [0.1, 0.15) is 43.2 Å². The van der Waals surface area contributed by atoms with Crippen molar-refractivity contribution in [2.24, 2.45) is 5.92 Å². The quantitative estimate of drug-likeness (QED) is 0.722. The van der Waals surface area contributed by atoms with Crippen LogP contribution in [-0.4, -0.2) is 36.2 Å². The van der Waals surface area contributed by atoms with E-state index in [1.807, 2.05) is 13.0 Å². The topological polar surface area (TPSA) is 61.4 Å². The van der Waals surface area contributed by atoms with Gasteiger partial charge in [-0.2, -0.15) is 0 Å². The Labute approximate surface area is 138 Å². The molecular weight excluding hydrogens is 288 g/mol. The van der Waals surface area contributed by atoms with Gasteiger partial charge in [0.25, 0.3) is 0 Å². The zero-order valence-corrected chi connectivity index (χ0v) is 13.7. The zero-order chi connectivity index (χ0) is 16.2. The Kier molecular flexibility index (Phi) is 5.13. The normalized spacial score (nSPS) is 27.0. The predicted molar refractivity (Wildman–Crippen MR) is 92.0 cm³/mol. The van der Waals surface area contributed by atoms with Crippen LogP contribution in [-0.2, 0) is 4.79 Å². The molecule has 0 unspecified atom stereocenters. The first kappa shape index (κ1) is 16.2. The van der Waals surface area contributed by atoms with Crippen LogP contribution in [0.2, 0.25) is 0 Å². The fourth-order valence-corrected chi connectivity index (χ4v) is 3.36. The van der Waals surface area contributed by atoms with Gasteiger partial charge in [0.2, 0.25) is 5.91 Å². The van der Waals surface area contributed by atoms with E-state index < -0.39 is 0 Å². The van der Waals surface area contributed by atoms with Gasteiger partial charge in [0.05, 0.1) is 6.61 Å². The highest BCUT2D eigenvalue weighted by Gasteiger charge is 2.40. The van der Waals surface area contributed by atoms with Crippen molar-refractivity contribution in [2.45, 2.75) is 44.2 Å². The highest BCUT2D eigenvalue weighted by atomic mass is 16.3. The molecule has 0 bridgehead atoms. The Morgan fingerprint density at radius 1 is 1.30 bits per heavy atom. The Bertz CT molecular complexity index is 563. The lowest BCUT2D eigenvalue weighted by Crippen LogP contribution is -2.64. The maximum absolute atomic E-state index is 11.9. The molecule has 1 aromatic carbocycles. The van der Waals surface area contributed by atoms with Crippen molar-refractivity contribution >= 4 is 12.0 Å². The molecule has 1 amide bonds. The number of aliphatic hydroxyl groups excluding tert-OH is 1. The van der Waals surface area contributed by atoms with Crippen molar-refractivity contribution in [2.75, 3.05) is 13.2 Å². The molecule has 0 radical (unpaired) electrons. The van der Waals surface area contributed by atoms with Crippen LogP contribution in [0.4, 0.5) is 0 Å². The number of rotatable bonds is 7. The third-order valence-corrected chi connectivity index (χ3v) is 4.86. The number of benzene rings is 1. The van der Waals surface area contributed by atoms with Crippen molar-refractivity contribution in [3.05, 3.63) is 41.5 Å². The lowest BCUT2D eigenvalue weighted by molar-refractivity contribution is -0.121. The van der Waals surface area contributed by atoms with Crippen LogP contribution in [0.5, 0.6) is 0 Å². The fourth-order valence-electron chi connectivity index (χ4n) is 3.36. The molecule has 3 N–H and O–H groups in total.